The van der Waals surface area contributed by atoms with Crippen LogP contribution in [0.3, 0.4) is 0 Å². The van der Waals surface area contributed by atoms with E-state index in [0.717, 1.165) is 26.1 Å². The summed E-state index contributed by atoms with van der Waals surface area (Å²) in [5.41, 5.74) is 2.86. The molecule has 2 saturated heterocycles. The fourth-order valence-corrected chi connectivity index (χ4v) is 3.67. The molecule has 116 valence electrons. The van der Waals surface area contributed by atoms with Crippen molar-refractivity contribution in [3.05, 3.63) is 29.8 Å². The van der Waals surface area contributed by atoms with Crippen molar-refractivity contribution >= 4 is 5.69 Å². The highest BCUT2D eigenvalue weighted by molar-refractivity contribution is 5.55. The van der Waals surface area contributed by atoms with Crippen molar-refractivity contribution in [2.45, 2.75) is 57.8 Å². The molecular weight excluding hydrogens is 260 g/mol. The first kappa shape index (κ1) is 14.9. The molecule has 3 rings (SSSR count). The molecule has 2 aliphatic rings. The molecule has 0 aliphatic carbocycles. The van der Waals surface area contributed by atoms with Crippen LogP contribution in [0, 0.1) is 0 Å². The molecule has 1 aromatic carbocycles. The summed E-state index contributed by atoms with van der Waals surface area (Å²) in [5.74, 6) is 0. The number of nitrogens with one attached hydrogen (secondary N) is 1. The van der Waals surface area contributed by atoms with Gasteiger partial charge >= 0.3 is 0 Å². The van der Waals surface area contributed by atoms with E-state index in [1.807, 2.05) is 0 Å². The van der Waals surface area contributed by atoms with Crippen molar-refractivity contribution in [1.29, 1.82) is 0 Å². The maximum atomic E-state index is 5.98. The largest absolute Gasteiger partial charge is 0.371 e. The molecule has 0 radical (unpaired) electrons. The van der Waals surface area contributed by atoms with E-state index in [1.165, 1.54) is 30.5 Å². The number of benzene rings is 1. The highest BCUT2D eigenvalue weighted by Gasteiger charge is 2.34. The molecule has 0 saturated carbocycles. The van der Waals surface area contributed by atoms with E-state index in [4.69, 9.17) is 4.74 Å². The third kappa shape index (κ3) is 3.24. The standard InChI is InChI=1S/C18H28N2O/c1-3-11-19-17(4-2)16-7-5-6-8-18(16)20-12-14-9-10-15(13-20)21-14/h5-8,14-15,17,19H,3-4,9-13H2,1-2H3. The first-order chi connectivity index (χ1) is 10.3. The van der Waals surface area contributed by atoms with E-state index in [9.17, 15) is 0 Å². The summed E-state index contributed by atoms with van der Waals surface area (Å²) in [6.45, 7) is 7.69. The zero-order valence-corrected chi connectivity index (χ0v) is 13.3. The van der Waals surface area contributed by atoms with Crippen molar-refractivity contribution in [3.8, 4) is 0 Å². The molecular formula is C18H28N2O. The molecule has 3 unspecified atom stereocenters. The fourth-order valence-electron chi connectivity index (χ4n) is 3.67. The number of ether oxygens (including phenoxy) is 1. The monoisotopic (exact) mass is 288 g/mol. The Balaban J connectivity index is 1.81. The van der Waals surface area contributed by atoms with Crippen molar-refractivity contribution in [1.82, 2.24) is 5.32 Å². The average molecular weight is 288 g/mol. The van der Waals surface area contributed by atoms with Crippen LogP contribution in [-0.2, 0) is 4.74 Å². The minimum Gasteiger partial charge on any atom is -0.371 e. The van der Waals surface area contributed by atoms with Crippen molar-refractivity contribution < 1.29 is 4.74 Å². The summed E-state index contributed by atoms with van der Waals surface area (Å²) < 4.78 is 5.98. The lowest BCUT2D eigenvalue weighted by atomic mass is 10.0. The Labute approximate surface area is 128 Å². The second-order valence-corrected chi connectivity index (χ2v) is 6.34. The minimum absolute atomic E-state index is 0.445. The molecule has 1 aromatic rings. The maximum absolute atomic E-state index is 5.98. The van der Waals surface area contributed by atoms with Crippen molar-refractivity contribution in [3.63, 3.8) is 0 Å². The van der Waals surface area contributed by atoms with Gasteiger partial charge < -0.3 is 15.0 Å². The molecule has 2 aliphatic heterocycles. The van der Waals surface area contributed by atoms with Crippen LogP contribution in [0.1, 0.15) is 51.1 Å². The molecule has 2 bridgehead atoms. The van der Waals surface area contributed by atoms with Gasteiger partial charge in [-0.1, -0.05) is 32.0 Å². The van der Waals surface area contributed by atoms with E-state index >= 15 is 0 Å². The van der Waals surface area contributed by atoms with Crippen LogP contribution in [0.5, 0.6) is 0 Å². The Hall–Kier alpha value is -1.06. The highest BCUT2D eigenvalue weighted by atomic mass is 16.5. The number of para-hydroxylation sites is 1. The number of morpholine rings is 1. The summed E-state index contributed by atoms with van der Waals surface area (Å²) in [6, 6.07) is 9.38. The lowest BCUT2D eigenvalue weighted by Crippen LogP contribution is -2.43. The molecule has 1 N–H and O–H groups in total. The second-order valence-electron chi connectivity index (χ2n) is 6.34. The molecule has 0 spiro atoms. The molecule has 21 heavy (non-hydrogen) atoms. The normalized spacial score (nSPS) is 26.1. The van der Waals surface area contributed by atoms with Crippen LogP contribution < -0.4 is 10.2 Å². The van der Waals surface area contributed by atoms with Gasteiger partial charge in [0.15, 0.2) is 0 Å². The number of rotatable bonds is 6. The molecule has 0 aromatic heterocycles. The smallest absolute Gasteiger partial charge is 0.0755 e. The zero-order chi connectivity index (χ0) is 14.7. The van der Waals surface area contributed by atoms with E-state index in [0.29, 0.717) is 18.2 Å². The van der Waals surface area contributed by atoms with Gasteiger partial charge in [0, 0.05) is 24.8 Å². The lowest BCUT2D eigenvalue weighted by molar-refractivity contribution is 0.0304. The van der Waals surface area contributed by atoms with Gasteiger partial charge in [-0.3, -0.25) is 0 Å². The van der Waals surface area contributed by atoms with E-state index < -0.39 is 0 Å². The lowest BCUT2D eigenvalue weighted by Gasteiger charge is -2.36. The van der Waals surface area contributed by atoms with Gasteiger partial charge in [-0.25, -0.2) is 0 Å². The summed E-state index contributed by atoms with van der Waals surface area (Å²) in [6.07, 6.45) is 5.67. The van der Waals surface area contributed by atoms with Crippen molar-refractivity contribution in [2.24, 2.45) is 0 Å². The Morgan fingerprint density at radius 3 is 2.57 bits per heavy atom. The molecule has 2 heterocycles. The summed E-state index contributed by atoms with van der Waals surface area (Å²) in [7, 11) is 0. The number of anilines is 1. The van der Waals surface area contributed by atoms with Gasteiger partial charge in [0.25, 0.3) is 0 Å². The van der Waals surface area contributed by atoms with Crippen LogP contribution in [0.25, 0.3) is 0 Å². The van der Waals surface area contributed by atoms with Crippen LogP contribution in [0.15, 0.2) is 24.3 Å². The zero-order valence-electron chi connectivity index (χ0n) is 13.3. The third-order valence-corrected chi connectivity index (χ3v) is 4.75. The van der Waals surface area contributed by atoms with Gasteiger partial charge in [0.1, 0.15) is 0 Å². The number of hydrogen-bond acceptors (Lipinski definition) is 3. The predicted molar refractivity (Wildman–Crippen MR) is 87.9 cm³/mol. The minimum atomic E-state index is 0.445. The van der Waals surface area contributed by atoms with Crippen LogP contribution in [0.2, 0.25) is 0 Å². The number of fused-ring (bicyclic) bond motifs is 2. The first-order valence-corrected chi connectivity index (χ1v) is 8.54. The Morgan fingerprint density at radius 1 is 1.19 bits per heavy atom. The number of hydrogen-bond donors (Lipinski definition) is 1. The van der Waals surface area contributed by atoms with E-state index in [2.05, 4.69) is 48.3 Å². The first-order valence-electron chi connectivity index (χ1n) is 8.54. The van der Waals surface area contributed by atoms with Gasteiger partial charge in [-0.2, -0.15) is 0 Å². The Bertz CT molecular complexity index is 450. The maximum Gasteiger partial charge on any atom is 0.0755 e. The topological polar surface area (TPSA) is 24.5 Å². The SMILES string of the molecule is CCCNC(CC)c1ccccc1N1CC2CCC(C1)O2. The third-order valence-electron chi connectivity index (χ3n) is 4.75. The van der Waals surface area contributed by atoms with Gasteiger partial charge in [-0.15, -0.1) is 0 Å². The van der Waals surface area contributed by atoms with Crippen LogP contribution in [0.4, 0.5) is 5.69 Å². The summed E-state index contributed by atoms with van der Waals surface area (Å²) in [4.78, 5) is 2.55. The molecule has 3 atom stereocenters. The predicted octanol–water partition coefficient (Wildman–Crippen LogP) is 3.50. The molecule has 3 nitrogen and oxygen atoms in total. The quantitative estimate of drug-likeness (QED) is 0.867. The van der Waals surface area contributed by atoms with Gasteiger partial charge in [0.05, 0.1) is 12.2 Å². The van der Waals surface area contributed by atoms with Crippen LogP contribution >= 0.6 is 0 Å². The molecule has 0 amide bonds. The molecule has 2 fully saturated rings. The van der Waals surface area contributed by atoms with Crippen LogP contribution in [-0.4, -0.2) is 31.8 Å². The Kier molecular flexibility index (Phi) is 4.81. The average Bonchev–Trinajstić information content (AvgIpc) is 2.87. The van der Waals surface area contributed by atoms with E-state index in [1.54, 1.807) is 0 Å². The van der Waals surface area contributed by atoms with E-state index in [-0.39, 0.29) is 0 Å². The Morgan fingerprint density at radius 2 is 1.90 bits per heavy atom. The summed E-state index contributed by atoms with van der Waals surface area (Å²) in [5, 5.41) is 3.70. The highest BCUT2D eigenvalue weighted by Crippen LogP contribution is 2.34. The summed E-state index contributed by atoms with van der Waals surface area (Å²) >= 11 is 0. The fraction of sp³-hybridized carbons (Fsp3) is 0.667. The second kappa shape index (κ2) is 6.80. The number of nitrogens with zero attached hydrogens (tertiary/aromatic N) is 1. The molecule has 3 heteroatoms. The van der Waals surface area contributed by atoms with Gasteiger partial charge in [-0.05, 0) is 43.9 Å². The van der Waals surface area contributed by atoms with Gasteiger partial charge in [0.2, 0.25) is 0 Å². The van der Waals surface area contributed by atoms with Crippen molar-refractivity contribution in [2.75, 3.05) is 24.5 Å².